The SMILES string of the molecule is O=C(COc1ccccc1)NCc1cccnc1-n1cccn1. The highest BCUT2D eigenvalue weighted by Gasteiger charge is 2.08. The molecule has 116 valence electrons. The first-order valence-corrected chi connectivity index (χ1v) is 7.21. The lowest BCUT2D eigenvalue weighted by molar-refractivity contribution is -0.123. The van der Waals surface area contributed by atoms with E-state index in [9.17, 15) is 4.79 Å². The lowest BCUT2D eigenvalue weighted by Gasteiger charge is -2.10. The van der Waals surface area contributed by atoms with Gasteiger partial charge in [-0.2, -0.15) is 5.10 Å². The van der Waals surface area contributed by atoms with E-state index >= 15 is 0 Å². The third kappa shape index (κ3) is 3.94. The first kappa shape index (κ1) is 14.8. The smallest absolute Gasteiger partial charge is 0.258 e. The van der Waals surface area contributed by atoms with Gasteiger partial charge in [0.15, 0.2) is 12.4 Å². The van der Waals surface area contributed by atoms with Gasteiger partial charge in [0, 0.05) is 30.7 Å². The third-order valence-corrected chi connectivity index (χ3v) is 3.18. The van der Waals surface area contributed by atoms with Gasteiger partial charge in [-0.15, -0.1) is 0 Å². The minimum Gasteiger partial charge on any atom is -0.484 e. The predicted molar refractivity (Wildman–Crippen MR) is 85.1 cm³/mol. The summed E-state index contributed by atoms with van der Waals surface area (Å²) in [5, 5.41) is 6.99. The van der Waals surface area contributed by atoms with Crippen LogP contribution in [0.3, 0.4) is 0 Å². The van der Waals surface area contributed by atoms with Crippen molar-refractivity contribution >= 4 is 5.91 Å². The zero-order chi connectivity index (χ0) is 15.9. The Morgan fingerprint density at radius 2 is 1.96 bits per heavy atom. The molecule has 6 nitrogen and oxygen atoms in total. The quantitative estimate of drug-likeness (QED) is 0.756. The van der Waals surface area contributed by atoms with E-state index in [-0.39, 0.29) is 12.5 Å². The van der Waals surface area contributed by atoms with E-state index in [1.165, 1.54) is 0 Å². The molecule has 23 heavy (non-hydrogen) atoms. The molecular formula is C17H16N4O2. The Labute approximate surface area is 133 Å². The van der Waals surface area contributed by atoms with E-state index in [1.807, 2.05) is 54.7 Å². The van der Waals surface area contributed by atoms with Crippen molar-refractivity contribution in [2.75, 3.05) is 6.61 Å². The topological polar surface area (TPSA) is 69.0 Å². The van der Waals surface area contributed by atoms with Crippen LogP contribution in [0.5, 0.6) is 5.75 Å². The molecule has 3 aromatic rings. The summed E-state index contributed by atoms with van der Waals surface area (Å²) in [5.41, 5.74) is 0.879. The Bertz CT molecular complexity index is 757. The number of aromatic nitrogens is 3. The number of para-hydroxylation sites is 1. The summed E-state index contributed by atoms with van der Waals surface area (Å²) in [6, 6.07) is 14.8. The molecule has 0 aliphatic heterocycles. The van der Waals surface area contributed by atoms with Crippen LogP contribution in [-0.4, -0.2) is 27.3 Å². The van der Waals surface area contributed by atoms with E-state index < -0.39 is 0 Å². The summed E-state index contributed by atoms with van der Waals surface area (Å²) >= 11 is 0. The fourth-order valence-corrected chi connectivity index (χ4v) is 2.08. The molecule has 0 aliphatic rings. The molecule has 0 bridgehead atoms. The number of pyridine rings is 1. The van der Waals surface area contributed by atoms with Crippen LogP contribution in [0.4, 0.5) is 0 Å². The number of ether oxygens (including phenoxy) is 1. The van der Waals surface area contributed by atoms with Gasteiger partial charge in [0.05, 0.1) is 0 Å². The Morgan fingerprint density at radius 3 is 2.74 bits per heavy atom. The Kier molecular flexibility index (Phi) is 4.63. The molecule has 2 heterocycles. The van der Waals surface area contributed by atoms with Gasteiger partial charge in [0.1, 0.15) is 5.75 Å². The lowest BCUT2D eigenvalue weighted by atomic mass is 10.2. The molecule has 1 amide bonds. The highest BCUT2D eigenvalue weighted by atomic mass is 16.5. The Hall–Kier alpha value is -3.15. The molecule has 2 aromatic heterocycles. The molecule has 1 N–H and O–H groups in total. The van der Waals surface area contributed by atoms with Crippen molar-refractivity contribution in [1.29, 1.82) is 0 Å². The molecule has 1 aromatic carbocycles. The molecule has 6 heteroatoms. The van der Waals surface area contributed by atoms with E-state index in [2.05, 4.69) is 15.4 Å². The fourth-order valence-electron chi connectivity index (χ4n) is 2.08. The van der Waals surface area contributed by atoms with Crippen molar-refractivity contribution in [2.45, 2.75) is 6.54 Å². The third-order valence-electron chi connectivity index (χ3n) is 3.18. The number of nitrogens with one attached hydrogen (secondary N) is 1. The maximum atomic E-state index is 11.9. The molecule has 0 aliphatic carbocycles. The number of nitrogens with zero attached hydrogens (tertiary/aromatic N) is 3. The minimum atomic E-state index is -0.191. The summed E-state index contributed by atoms with van der Waals surface area (Å²) in [6.45, 7) is 0.335. The summed E-state index contributed by atoms with van der Waals surface area (Å²) in [7, 11) is 0. The first-order chi connectivity index (χ1) is 11.3. The number of carbonyl (C=O) groups excluding carboxylic acids is 1. The molecule has 0 saturated carbocycles. The molecule has 0 saturated heterocycles. The van der Waals surface area contributed by atoms with E-state index in [0.717, 1.165) is 5.56 Å². The standard InChI is InChI=1S/C17H16N4O2/c22-16(13-23-15-7-2-1-3-8-15)19-12-14-6-4-9-18-17(14)21-11-5-10-20-21/h1-11H,12-13H2,(H,19,22). The zero-order valence-corrected chi connectivity index (χ0v) is 12.4. The molecule has 0 atom stereocenters. The number of hydrogen-bond donors (Lipinski definition) is 1. The van der Waals surface area contributed by atoms with Gasteiger partial charge in [-0.05, 0) is 24.3 Å². The van der Waals surface area contributed by atoms with Gasteiger partial charge in [-0.3, -0.25) is 4.79 Å². The van der Waals surface area contributed by atoms with Crippen molar-refractivity contribution in [2.24, 2.45) is 0 Å². The van der Waals surface area contributed by atoms with E-state index in [4.69, 9.17) is 4.74 Å². The van der Waals surface area contributed by atoms with Crippen LogP contribution >= 0.6 is 0 Å². The van der Waals surface area contributed by atoms with Crippen LogP contribution in [-0.2, 0) is 11.3 Å². The second-order valence-corrected chi connectivity index (χ2v) is 4.82. The van der Waals surface area contributed by atoms with Gasteiger partial charge < -0.3 is 10.1 Å². The zero-order valence-electron chi connectivity index (χ0n) is 12.4. The second kappa shape index (κ2) is 7.22. The number of rotatable bonds is 6. The molecule has 0 fully saturated rings. The average Bonchev–Trinajstić information content (AvgIpc) is 3.14. The summed E-state index contributed by atoms with van der Waals surface area (Å²) in [4.78, 5) is 16.2. The molecule has 0 unspecified atom stereocenters. The van der Waals surface area contributed by atoms with Crippen LogP contribution in [0.25, 0.3) is 5.82 Å². The van der Waals surface area contributed by atoms with Gasteiger partial charge in [-0.25, -0.2) is 9.67 Å². The van der Waals surface area contributed by atoms with Crippen molar-refractivity contribution < 1.29 is 9.53 Å². The fraction of sp³-hybridized carbons (Fsp3) is 0.118. The van der Waals surface area contributed by atoms with Crippen molar-refractivity contribution in [1.82, 2.24) is 20.1 Å². The lowest BCUT2D eigenvalue weighted by Crippen LogP contribution is -2.29. The maximum Gasteiger partial charge on any atom is 0.258 e. The summed E-state index contributed by atoms with van der Waals surface area (Å²) in [5.74, 6) is 1.17. The van der Waals surface area contributed by atoms with Crippen molar-refractivity contribution in [3.8, 4) is 11.6 Å². The Balaban J connectivity index is 1.57. The molecular weight excluding hydrogens is 292 g/mol. The molecule has 0 spiro atoms. The average molecular weight is 308 g/mol. The van der Waals surface area contributed by atoms with Crippen LogP contribution in [0.1, 0.15) is 5.56 Å². The van der Waals surface area contributed by atoms with Gasteiger partial charge >= 0.3 is 0 Å². The number of amides is 1. The molecule has 0 radical (unpaired) electrons. The normalized spacial score (nSPS) is 10.3. The summed E-state index contributed by atoms with van der Waals surface area (Å²) in [6.07, 6.45) is 5.19. The largest absolute Gasteiger partial charge is 0.484 e. The maximum absolute atomic E-state index is 11.9. The monoisotopic (exact) mass is 308 g/mol. The molecule has 3 rings (SSSR count). The van der Waals surface area contributed by atoms with Crippen LogP contribution in [0.15, 0.2) is 67.1 Å². The predicted octanol–water partition coefficient (Wildman–Crippen LogP) is 1.96. The van der Waals surface area contributed by atoms with Gasteiger partial charge in [0.25, 0.3) is 5.91 Å². The summed E-state index contributed by atoms with van der Waals surface area (Å²) < 4.78 is 7.08. The van der Waals surface area contributed by atoms with Crippen LogP contribution in [0, 0.1) is 0 Å². The Morgan fingerprint density at radius 1 is 1.09 bits per heavy atom. The van der Waals surface area contributed by atoms with Crippen molar-refractivity contribution in [3.63, 3.8) is 0 Å². The van der Waals surface area contributed by atoms with E-state index in [0.29, 0.717) is 18.1 Å². The van der Waals surface area contributed by atoms with Crippen LogP contribution in [0.2, 0.25) is 0 Å². The minimum absolute atomic E-state index is 0.0264. The first-order valence-electron chi connectivity index (χ1n) is 7.21. The van der Waals surface area contributed by atoms with E-state index in [1.54, 1.807) is 17.1 Å². The van der Waals surface area contributed by atoms with Gasteiger partial charge in [0.2, 0.25) is 0 Å². The van der Waals surface area contributed by atoms with Crippen molar-refractivity contribution in [3.05, 3.63) is 72.7 Å². The number of carbonyl (C=O) groups is 1. The highest BCUT2D eigenvalue weighted by Crippen LogP contribution is 2.10. The highest BCUT2D eigenvalue weighted by molar-refractivity contribution is 5.77. The van der Waals surface area contributed by atoms with Crippen LogP contribution < -0.4 is 10.1 Å². The number of benzene rings is 1. The second-order valence-electron chi connectivity index (χ2n) is 4.82. The van der Waals surface area contributed by atoms with Gasteiger partial charge in [-0.1, -0.05) is 24.3 Å². The number of hydrogen-bond acceptors (Lipinski definition) is 4.